The van der Waals surface area contributed by atoms with Crippen molar-refractivity contribution in [3.05, 3.63) is 72.1 Å². The molecule has 2 N–H and O–H groups in total. The standard InChI is InChI=1S/C25H24F2N6O2/c26-22-14-19(33-12-11-32(30-33)16-20-15-29-25(34)35-20)2-3-21(22)18-1-4-24(23(27)13-18)31-9-6-17(5-8-28)7-10-31/h1-5,11-14,20,30H,6-7,9-10,15-16H2,(H,29,34)/t20-/m1/s1. The zero-order chi connectivity index (χ0) is 24.4. The van der Waals surface area contributed by atoms with Gasteiger partial charge in [0.05, 0.1) is 30.5 Å². The lowest BCUT2D eigenvalue weighted by Gasteiger charge is -2.30. The topological polar surface area (TPSA) is 83.9 Å². The molecular formula is C25H24F2N6O2. The Morgan fingerprint density at radius 1 is 1.11 bits per heavy atom. The van der Waals surface area contributed by atoms with Crippen LogP contribution < -0.4 is 20.8 Å². The maximum Gasteiger partial charge on any atom is 0.407 e. The quantitative estimate of drug-likeness (QED) is 0.633. The van der Waals surface area contributed by atoms with Gasteiger partial charge in [0.2, 0.25) is 0 Å². The maximum atomic E-state index is 15.0. The van der Waals surface area contributed by atoms with E-state index < -0.39 is 17.7 Å². The van der Waals surface area contributed by atoms with Crippen LogP contribution in [0.4, 0.5) is 25.0 Å². The number of hydrazine groups is 2. The van der Waals surface area contributed by atoms with Gasteiger partial charge in [0.1, 0.15) is 17.7 Å². The van der Waals surface area contributed by atoms with Gasteiger partial charge in [-0.25, -0.2) is 13.6 Å². The number of hydrogen-bond acceptors (Lipinski definition) is 7. The first-order valence-corrected chi connectivity index (χ1v) is 11.4. The molecule has 35 heavy (non-hydrogen) atoms. The van der Waals surface area contributed by atoms with Gasteiger partial charge in [-0.05, 0) is 48.7 Å². The SMILES string of the molecule is N#CC=C1CCN(c2ccc(-c3ccc(N4C=CN(C[C@H]5CNC(=O)O5)N4)cc3F)cc2F)CC1. The van der Waals surface area contributed by atoms with Crippen molar-refractivity contribution in [2.45, 2.75) is 18.9 Å². The Bertz CT molecular complexity index is 1230. The molecule has 2 saturated heterocycles. The maximum absolute atomic E-state index is 15.0. The van der Waals surface area contributed by atoms with Crippen LogP contribution in [0.25, 0.3) is 11.1 Å². The highest BCUT2D eigenvalue weighted by Crippen LogP contribution is 2.32. The fourth-order valence-corrected chi connectivity index (χ4v) is 4.44. The van der Waals surface area contributed by atoms with Crippen LogP contribution in [0.5, 0.6) is 0 Å². The number of allylic oxidation sites excluding steroid dienone is 1. The minimum absolute atomic E-state index is 0.280. The molecule has 2 aromatic carbocycles. The Balaban J connectivity index is 1.25. The van der Waals surface area contributed by atoms with Crippen LogP contribution in [0.1, 0.15) is 12.8 Å². The van der Waals surface area contributed by atoms with E-state index in [0.717, 1.165) is 18.4 Å². The van der Waals surface area contributed by atoms with Gasteiger partial charge >= 0.3 is 6.09 Å². The third kappa shape index (κ3) is 4.90. The second-order valence-electron chi connectivity index (χ2n) is 8.58. The molecule has 2 aromatic rings. The summed E-state index contributed by atoms with van der Waals surface area (Å²) in [5.74, 6) is -0.873. The fraction of sp³-hybridized carbons (Fsp3) is 0.280. The van der Waals surface area contributed by atoms with Crippen molar-refractivity contribution in [1.29, 1.82) is 5.26 Å². The number of ether oxygens (including phenoxy) is 1. The van der Waals surface area contributed by atoms with Gasteiger partial charge in [0.25, 0.3) is 0 Å². The number of piperidine rings is 1. The Hall–Kier alpha value is -4.10. The predicted molar refractivity (Wildman–Crippen MR) is 127 cm³/mol. The summed E-state index contributed by atoms with van der Waals surface area (Å²) in [5.41, 5.74) is 5.97. The molecular weight excluding hydrogens is 454 g/mol. The number of cyclic esters (lactones) is 1. The molecule has 180 valence electrons. The lowest BCUT2D eigenvalue weighted by Crippen LogP contribution is -2.43. The second kappa shape index (κ2) is 9.64. The highest BCUT2D eigenvalue weighted by Gasteiger charge is 2.26. The van der Waals surface area contributed by atoms with Crippen LogP contribution in [0.15, 0.2) is 60.4 Å². The number of benzene rings is 2. The van der Waals surface area contributed by atoms with E-state index >= 15 is 4.39 Å². The summed E-state index contributed by atoms with van der Waals surface area (Å²) in [6, 6.07) is 11.6. The minimum atomic E-state index is -0.471. The van der Waals surface area contributed by atoms with Crippen molar-refractivity contribution < 1.29 is 18.3 Å². The van der Waals surface area contributed by atoms with Gasteiger partial charge < -0.3 is 15.0 Å². The first kappa shape index (κ1) is 22.7. The molecule has 3 aliphatic heterocycles. The van der Waals surface area contributed by atoms with Gasteiger partial charge in [0, 0.05) is 37.1 Å². The van der Waals surface area contributed by atoms with Crippen LogP contribution in [0, 0.1) is 23.0 Å². The predicted octanol–water partition coefficient (Wildman–Crippen LogP) is 3.80. The first-order valence-electron chi connectivity index (χ1n) is 11.4. The number of nitrogens with one attached hydrogen (secondary N) is 2. The van der Waals surface area contributed by atoms with E-state index in [-0.39, 0.29) is 6.10 Å². The Labute approximate surface area is 201 Å². The fourth-order valence-electron chi connectivity index (χ4n) is 4.44. The molecule has 0 spiro atoms. The molecule has 1 amide bonds. The lowest BCUT2D eigenvalue weighted by molar-refractivity contribution is 0.112. The number of nitriles is 1. The number of alkyl carbamates (subject to hydrolysis) is 1. The molecule has 1 atom stereocenters. The molecule has 2 fully saturated rings. The van der Waals surface area contributed by atoms with E-state index in [2.05, 4.69) is 16.9 Å². The van der Waals surface area contributed by atoms with Crippen LogP contribution in [0.2, 0.25) is 0 Å². The van der Waals surface area contributed by atoms with Crippen molar-refractivity contribution in [3.63, 3.8) is 0 Å². The number of nitrogens with zero attached hydrogens (tertiary/aromatic N) is 4. The van der Waals surface area contributed by atoms with Gasteiger partial charge in [-0.2, -0.15) is 5.26 Å². The number of halogens is 2. The molecule has 5 rings (SSSR count). The van der Waals surface area contributed by atoms with Crippen molar-refractivity contribution in [1.82, 2.24) is 15.9 Å². The molecule has 8 nitrogen and oxygen atoms in total. The highest BCUT2D eigenvalue weighted by molar-refractivity contribution is 5.70. The van der Waals surface area contributed by atoms with Crippen molar-refractivity contribution in [3.8, 4) is 17.2 Å². The van der Waals surface area contributed by atoms with Gasteiger partial charge in [-0.1, -0.05) is 11.6 Å². The molecule has 3 heterocycles. The smallest absolute Gasteiger partial charge is 0.407 e. The van der Waals surface area contributed by atoms with Gasteiger partial charge in [0.15, 0.2) is 0 Å². The van der Waals surface area contributed by atoms with Gasteiger partial charge in [-0.15, -0.1) is 5.53 Å². The van der Waals surface area contributed by atoms with Crippen molar-refractivity contribution in [2.24, 2.45) is 0 Å². The minimum Gasteiger partial charge on any atom is -0.442 e. The normalized spacial score (nSPS) is 19.6. The van der Waals surface area contributed by atoms with Crippen LogP contribution >= 0.6 is 0 Å². The van der Waals surface area contributed by atoms with E-state index in [1.54, 1.807) is 52.8 Å². The third-order valence-corrected chi connectivity index (χ3v) is 6.28. The molecule has 0 aromatic heterocycles. The number of carbonyl (C=O) groups excluding carboxylic acids is 1. The van der Waals surface area contributed by atoms with E-state index in [4.69, 9.17) is 10.00 Å². The molecule has 10 heteroatoms. The Morgan fingerprint density at radius 2 is 1.94 bits per heavy atom. The number of carbonyl (C=O) groups is 1. The van der Waals surface area contributed by atoms with Crippen LogP contribution in [-0.4, -0.2) is 43.4 Å². The van der Waals surface area contributed by atoms with Crippen LogP contribution in [0.3, 0.4) is 0 Å². The van der Waals surface area contributed by atoms with Crippen molar-refractivity contribution in [2.75, 3.05) is 36.1 Å². The number of hydrogen-bond donors (Lipinski definition) is 2. The number of rotatable bonds is 5. The average Bonchev–Trinajstić information content (AvgIpc) is 3.49. The largest absolute Gasteiger partial charge is 0.442 e. The van der Waals surface area contributed by atoms with Crippen LogP contribution in [-0.2, 0) is 4.74 Å². The van der Waals surface area contributed by atoms with Gasteiger partial charge in [-0.3, -0.25) is 10.0 Å². The molecule has 0 unspecified atom stereocenters. The number of amides is 1. The summed E-state index contributed by atoms with van der Waals surface area (Å²) in [7, 11) is 0. The molecule has 0 aliphatic carbocycles. The number of anilines is 2. The Morgan fingerprint density at radius 3 is 2.63 bits per heavy atom. The first-order chi connectivity index (χ1) is 17.0. The van der Waals surface area contributed by atoms with E-state index in [1.165, 1.54) is 12.1 Å². The average molecular weight is 479 g/mol. The summed E-state index contributed by atoms with van der Waals surface area (Å²) >= 11 is 0. The summed E-state index contributed by atoms with van der Waals surface area (Å²) in [4.78, 5) is 13.1. The lowest BCUT2D eigenvalue weighted by atomic mass is 10.0. The van der Waals surface area contributed by atoms with E-state index in [0.29, 0.717) is 48.7 Å². The zero-order valence-corrected chi connectivity index (χ0v) is 18.9. The monoisotopic (exact) mass is 478 g/mol. The van der Waals surface area contributed by atoms with E-state index in [9.17, 15) is 9.18 Å². The summed E-state index contributed by atoms with van der Waals surface area (Å²) in [6.07, 6.45) is 5.81. The molecule has 0 saturated carbocycles. The molecule has 0 radical (unpaired) electrons. The molecule has 0 bridgehead atoms. The molecule has 3 aliphatic rings. The second-order valence-corrected chi connectivity index (χ2v) is 8.58. The Kier molecular flexibility index (Phi) is 6.25. The highest BCUT2D eigenvalue weighted by atomic mass is 19.1. The summed E-state index contributed by atoms with van der Waals surface area (Å²) in [6.45, 7) is 2.14. The zero-order valence-electron chi connectivity index (χ0n) is 18.9. The summed E-state index contributed by atoms with van der Waals surface area (Å²) in [5, 5.41) is 14.8. The summed E-state index contributed by atoms with van der Waals surface area (Å²) < 4.78 is 35.1. The van der Waals surface area contributed by atoms with E-state index in [1.807, 2.05) is 4.90 Å². The third-order valence-electron chi connectivity index (χ3n) is 6.28. The van der Waals surface area contributed by atoms with Crippen molar-refractivity contribution >= 4 is 17.5 Å².